The number of hydrogen-bond donors (Lipinski definition) is 1. The van der Waals surface area contributed by atoms with E-state index in [0.29, 0.717) is 17.7 Å². The molecule has 1 rings (SSSR count). The quantitative estimate of drug-likeness (QED) is 0.818. The van der Waals surface area contributed by atoms with Gasteiger partial charge in [0.15, 0.2) is 0 Å². The summed E-state index contributed by atoms with van der Waals surface area (Å²) in [7, 11) is -3.58. The summed E-state index contributed by atoms with van der Waals surface area (Å²) in [5.41, 5.74) is 0. The van der Waals surface area contributed by atoms with Gasteiger partial charge in [-0.2, -0.15) is 0 Å². The monoisotopic (exact) mass is 350 g/mol. The molecule has 1 unspecified atom stereocenters. The number of pyridine rings is 1. The van der Waals surface area contributed by atoms with Crippen LogP contribution in [0.2, 0.25) is 0 Å². The van der Waals surface area contributed by atoms with Crippen LogP contribution in [0.3, 0.4) is 0 Å². The molecule has 0 saturated heterocycles. The molecule has 7 heteroatoms. The number of nitrogens with zero attached hydrogens (tertiary/aromatic N) is 1. The number of ether oxygens (including phenoxy) is 1. The number of sulfonamides is 1. The Bertz CT molecular complexity index is 505. The van der Waals surface area contributed by atoms with Crippen LogP contribution in [0.5, 0.6) is 0 Å². The minimum atomic E-state index is -3.58. The average molecular weight is 351 g/mol. The van der Waals surface area contributed by atoms with E-state index in [1.54, 1.807) is 6.20 Å². The first kappa shape index (κ1) is 16.6. The average Bonchev–Trinajstić information content (AvgIpc) is 2.34. The lowest BCUT2D eigenvalue weighted by molar-refractivity contribution is 0.116. The van der Waals surface area contributed by atoms with Crippen LogP contribution in [0.15, 0.2) is 27.8 Å². The van der Waals surface area contributed by atoms with Crippen molar-refractivity contribution in [2.24, 2.45) is 5.92 Å². The topological polar surface area (TPSA) is 68.3 Å². The molecule has 0 fully saturated rings. The zero-order valence-corrected chi connectivity index (χ0v) is 13.7. The van der Waals surface area contributed by atoms with E-state index < -0.39 is 10.0 Å². The van der Waals surface area contributed by atoms with Crippen LogP contribution < -0.4 is 4.72 Å². The van der Waals surface area contributed by atoms with Crippen LogP contribution in [-0.4, -0.2) is 32.7 Å². The van der Waals surface area contributed by atoms with Crippen molar-refractivity contribution in [3.63, 3.8) is 0 Å². The molecule has 0 aromatic carbocycles. The summed E-state index contributed by atoms with van der Waals surface area (Å²) in [4.78, 5) is 4.01. The van der Waals surface area contributed by atoms with E-state index >= 15 is 0 Å². The van der Waals surface area contributed by atoms with Crippen molar-refractivity contribution in [3.05, 3.63) is 22.9 Å². The van der Waals surface area contributed by atoms with Crippen molar-refractivity contribution >= 4 is 26.0 Å². The molecule has 1 heterocycles. The fourth-order valence-corrected chi connectivity index (χ4v) is 3.29. The number of hydrogen-bond acceptors (Lipinski definition) is 4. The minimum Gasteiger partial charge on any atom is -0.380 e. The van der Waals surface area contributed by atoms with E-state index in [0.717, 1.165) is 0 Å². The van der Waals surface area contributed by atoms with Gasteiger partial charge in [0.05, 0.1) is 6.61 Å². The molecule has 5 nitrogen and oxygen atoms in total. The molecule has 0 aliphatic carbocycles. The second-order valence-corrected chi connectivity index (χ2v) is 7.10. The van der Waals surface area contributed by atoms with E-state index in [2.05, 4.69) is 25.6 Å². The van der Waals surface area contributed by atoms with Gasteiger partial charge in [0, 0.05) is 29.5 Å². The highest BCUT2D eigenvalue weighted by atomic mass is 79.9. The molecular weight excluding hydrogens is 332 g/mol. The summed E-state index contributed by atoms with van der Waals surface area (Å²) in [6, 6.07) is 1.26. The van der Waals surface area contributed by atoms with Gasteiger partial charge in [0.25, 0.3) is 0 Å². The maximum absolute atomic E-state index is 12.2. The van der Waals surface area contributed by atoms with Gasteiger partial charge in [-0.1, -0.05) is 13.8 Å². The van der Waals surface area contributed by atoms with Gasteiger partial charge in [-0.05, 0) is 34.8 Å². The van der Waals surface area contributed by atoms with Crippen molar-refractivity contribution in [3.8, 4) is 0 Å². The molecular formula is C12H19BrN2O3S. The van der Waals surface area contributed by atoms with Crippen molar-refractivity contribution in [2.45, 2.75) is 31.7 Å². The first-order valence-electron chi connectivity index (χ1n) is 6.07. The van der Waals surface area contributed by atoms with Crippen molar-refractivity contribution in [1.29, 1.82) is 0 Å². The number of halogens is 1. The summed E-state index contributed by atoms with van der Waals surface area (Å²) in [5, 5.41) is 0. The summed E-state index contributed by atoms with van der Waals surface area (Å²) < 4.78 is 33.1. The molecule has 0 aliphatic heterocycles. The SMILES string of the molecule is CCOCC(NS(=O)(=O)c1cncc(Br)c1)C(C)C. The lowest BCUT2D eigenvalue weighted by Gasteiger charge is -2.21. The molecule has 0 saturated carbocycles. The number of aromatic nitrogens is 1. The van der Waals surface area contributed by atoms with E-state index in [1.165, 1.54) is 12.3 Å². The summed E-state index contributed by atoms with van der Waals surface area (Å²) in [6.45, 7) is 6.69. The summed E-state index contributed by atoms with van der Waals surface area (Å²) >= 11 is 3.21. The minimum absolute atomic E-state index is 0.140. The molecule has 0 amide bonds. The molecule has 1 aromatic rings. The molecule has 0 bridgehead atoms. The lowest BCUT2D eigenvalue weighted by Crippen LogP contribution is -2.41. The molecule has 1 aromatic heterocycles. The van der Waals surface area contributed by atoms with Crippen LogP contribution in [0, 0.1) is 5.92 Å². The Morgan fingerprint density at radius 3 is 2.63 bits per heavy atom. The van der Waals surface area contributed by atoms with Gasteiger partial charge in [-0.15, -0.1) is 0 Å². The molecule has 0 spiro atoms. The van der Waals surface area contributed by atoms with Crippen molar-refractivity contribution in [2.75, 3.05) is 13.2 Å². The third kappa shape index (κ3) is 5.18. The second kappa shape index (κ2) is 7.33. The van der Waals surface area contributed by atoms with Crippen LogP contribution in [0.4, 0.5) is 0 Å². The molecule has 108 valence electrons. The Hall–Kier alpha value is -0.500. The zero-order valence-electron chi connectivity index (χ0n) is 11.3. The fraction of sp³-hybridized carbons (Fsp3) is 0.583. The largest absolute Gasteiger partial charge is 0.380 e. The van der Waals surface area contributed by atoms with E-state index in [-0.39, 0.29) is 16.9 Å². The lowest BCUT2D eigenvalue weighted by atomic mass is 10.1. The molecule has 19 heavy (non-hydrogen) atoms. The number of rotatable bonds is 7. The molecule has 0 aliphatic rings. The van der Waals surface area contributed by atoms with E-state index in [4.69, 9.17) is 4.74 Å². The Balaban J connectivity index is 2.88. The van der Waals surface area contributed by atoms with Crippen molar-refractivity contribution in [1.82, 2.24) is 9.71 Å². The van der Waals surface area contributed by atoms with Gasteiger partial charge in [-0.25, -0.2) is 13.1 Å². The number of nitrogens with one attached hydrogen (secondary N) is 1. The highest BCUT2D eigenvalue weighted by Crippen LogP contribution is 2.15. The van der Waals surface area contributed by atoms with Crippen LogP contribution in [0.1, 0.15) is 20.8 Å². The third-order valence-corrected chi connectivity index (χ3v) is 4.49. The van der Waals surface area contributed by atoms with Crippen LogP contribution in [0.25, 0.3) is 0 Å². The normalized spacial score (nSPS) is 13.7. The zero-order chi connectivity index (χ0) is 14.5. The predicted molar refractivity (Wildman–Crippen MR) is 77.4 cm³/mol. The second-order valence-electron chi connectivity index (χ2n) is 4.47. The Morgan fingerprint density at radius 1 is 1.42 bits per heavy atom. The summed E-state index contributed by atoms with van der Waals surface area (Å²) in [5.74, 6) is 0.140. The van der Waals surface area contributed by atoms with Gasteiger partial charge in [-0.3, -0.25) is 4.98 Å². The van der Waals surface area contributed by atoms with Crippen LogP contribution >= 0.6 is 15.9 Å². The van der Waals surface area contributed by atoms with E-state index in [1.807, 2.05) is 20.8 Å². The van der Waals surface area contributed by atoms with Crippen molar-refractivity contribution < 1.29 is 13.2 Å². The Labute approximate surface area is 122 Å². The predicted octanol–water partition coefficient (Wildman–Crippen LogP) is 2.18. The molecule has 1 atom stereocenters. The Kier molecular flexibility index (Phi) is 6.38. The van der Waals surface area contributed by atoms with Gasteiger partial charge in [0.2, 0.25) is 10.0 Å². The maximum Gasteiger partial charge on any atom is 0.242 e. The smallest absolute Gasteiger partial charge is 0.242 e. The van der Waals surface area contributed by atoms with Gasteiger partial charge < -0.3 is 4.74 Å². The first-order valence-corrected chi connectivity index (χ1v) is 8.35. The highest BCUT2D eigenvalue weighted by Gasteiger charge is 2.23. The third-order valence-electron chi connectivity index (χ3n) is 2.60. The Morgan fingerprint density at radius 2 is 2.11 bits per heavy atom. The van der Waals surface area contributed by atoms with Crippen LogP contribution in [-0.2, 0) is 14.8 Å². The molecule has 0 radical (unpaired) electrons. The van der Waals surface area contributed by atoms with Gasteiger partial charge in [0.1, 0.15) is 4.90 Å². The first-order chi connectivity index (χ1) is 8.86. The highest BCUT2D eigenvalue weighted by molar-refractivity contribution is 9.10. The molecule has 1 N–H and O–H groups in total. The maximum atomic E-state index is 12.2. The van der Waals surface area contributed by atoms with Gasteiger partial charge >= 0.3 is 0 Å². The fourth-order valence-electron chi connectivity index (χ4n) is 1.41. The van der Waals surface area contributed by atoms with E-state index in [9.17, 15) is 8.42 Å². The standard InChI is InChI=1S/C12H19BrN2O3S/c1-4-18-8-12(9(2)3)15-19(16,17)11-5-10(13)6-14-7-11/h5-7,9,12,15H,4,8H2,1-3H3. The summed E-state index contributed by atoms with van der Waals surface area (Å²) in [6.07, 6.45) is 2.87.